The van der Waals surface area contributed by atoms with Crippen LogP contribution in [0, 0.1) is 0 Å². The monoisotopic (exact) mass is 193 g/mol. The van der Waals surface area contributed by atoms with Crippen molar-refractivity contribution in [1.29, 1.82) is 0 Å². The fraction of sp³-hybridized carbons (Fsp3) is 0.636. The Morgan fingerprint density at radius 2 is 1.86 bits per heavy atom. The Labute approximate surface area is 86.0 Å². The Bertz CT molecular complexity index is 258. The molecule has 0 bridgehead atoms. The third-order valence-corrected chi connectivity index (χ3v) is 2.40. The Hall–Kier alpha value is -0.960. The first-order valence-electron chi connectivity index (χ1n) is 5.13. The summed E-state index contributed by atoms with van der Waals surface area (Å²) in [5.74, 6) is 0.395. The van der Waals surface area contributed by atoms with Crippen LogP contribution in [0.2, 0.25) is 0 Å². The van der Waals surface area contributed by atoms with Crippen LogP contribution in [-0.2, 0) is 0 Å². The molecule has 1 aromatic heterocycles. The standard InChI is InChI=1S/C11H19N3/c1-8(2)14-10(4)9(3)11-7-12-5-6-13-11/h5-10,14H,1-4H3. The molecule has 0 amide bonds. The lowest BCUT2D eigenvalue weighted by Crippen LogP contribution is -2.36. The van der Waals surface area contributed by atoms with Gasteiger partial charge >= 0.3 is 0 Å². The zero-order valence-corrected chi connectivity index (χ0v) is 9.36. The summed E-state index contributed by atoms with van der Waals surface area (Å²) in [5.41, 5.74) is 1.05. The van der Waals surface area contributed by atoms with Crippen LogP contribution in [0.5, 0.6) is 0 Å². The van der Waals surface area contributed by atoms with Crippen molar-refractivity contribution in [3.05, 3.63) is 24.3 Å². The lowest BCUT2D eigenvalue weighted by Gasteiger charge is -2.22. The van der Waals surface area contributed by atoms with E-state index in [1.54, 1.807) is 12.4 Å². The molecule has 2 unspecified atom stereocenters. The van der Waals surface area contributed by atoms with Crippen LogP contribution in [-0.4, -0.2) is 22.1 Å². The van der Waals surface area contributed by atoms with Crippen molar-refractivity contribution < 1.29 is 0 Å². The molecule has 78 valence electrons. The first-order chi connectivity index (χ1) is 6.61. The van der Waals surface area contributed by atoms with Gasteiger partial charge in [0.15, 0.2) is 0 Å². The first kappa shape index (κ1) is 11.1. The van der Waals surface area contributed by atoms with E-state index in [1.165, 1.54) is 0 Å². The minimum atomic E-state index is 0.395. The minimum Gasteiger partial charge on any atom is -0.311 e. The summed E-state index contributed by atoms with van der Waals surface area (Å²) in [6.45, 7) is 8.66. The SMILES string of the molecule is CC(C)NC(C)C(C)c1cnccn1. The molecule has 0 saturated carbocycles. The molecule has 0 fully saturated rings. The van der Waals surface area contributed by atoms with Gasteiger partial charge in [0.25, 0.3) is 0 Å². The summed E-state index contributed by atoms with van der Waals surface area (Å²) < 4.78 is 0. The van der Waals surface area contributed by atoms with Crippen molar-refractivity contribution in [2.45, 2.75) is 45.7 Å². The molecule has 2 atom stereocenters. The number of nitrogens with one attached hydrogen (secondary N) is 1. The fourth-order valence-corrected chi connectivity index (χ4v) is 1.47. The van der Waals surface area contributed by atoms with Crippen LogP contribution in [0.3, 0.4) is 0 Å². The topological polar surface area (TPSA) is 37.8 Å². The zero-order valence-electron chi connectivity index (χ0n) is 9.36. The van der Waals surface area contributed by atoms with Gasteiger partial charge in [-0.2, -0.15) is 0 Å². The lowest BCUT2D eigenvalue weighted by molar-refractivity contribution is 0.434. The first-order valence-corrected chi connectivity index (χ1v) is 5.13. The summed E-state index contributed by atoms with van der Waals surface area (Å²) in [4.78, 5) is 8.38. The molecule has 1 aromatic rings. The van der Waals surface area contributed by atoms with E-state index in [-0.39, 0.29) is 0 Å². The number of aromatic nitrogens is 2. The van der Waals surface area contributed by atoms with E-state index >= 15 is 0 Å². The molecule has 0 aliphatic heterocycles. The third-order valence-electron chi connectivity index (χ3n) is 2.40. The molecule has 0 aliphatic carbocycles. The van der Waals surface area contributed by atoms with Crippen molar-refractivity contribution in [1.82, 2.24) is 15.3 Å². The third kappa shape index (κ3) is 3.07. The molecule has 3 heteroatoms. The molecular formula is C11H19N3. The van der Waals surface area contributed by atoms with Gasteiger partial charge in [-0.1, -0.05) is 20.8 Å². The fourth-order valence-electron chi connectivity index (χ4n) is 1.47. The summed E-state index contributed by atoms with van der Waals surface area (Å²) >= 11 is 0. The predicted molar refractivity (Wildman–Crippen MR) is 58.2 cm³/mol. The molecule has 0 saturated heterocycles. The molecule has 0 aromatic carbocycles. The van der Waals surface area contributed by atoms with Crippen molar-refractivity contribution in [2.75, 3.05) is 0 Å². The molecule has 0 spiro atoms. The van der Waals surface area contributed by atoms with E-state index in [1.807, 2.05) is 6.20 Å². The largest absolute Gasteiger partial charge is 0.311 e. The smallest absolute Gasteiger partial charge is 0.0630 e. The van der Waals surface area contributed by atoms with E-state index in [4.69, 9.17) is 0 Å². The minimum absolute atomic E-state index is 0.395. The average Bonchev–Trinajstić information content (AvgIpc) is 2.17. The number of hydrogen-bond donors (Lipinski definition) is 1. The average molecular weight is 193 g/mol. The normalized spacial score (nSPS) is 15.5. The summed E-state index contributed by atoms with van der Waals surface area (Å²) in [6.07, 6.45) is 5.29. The quantitative estimate of drug-likeness (QED) is 0.794. The highest BCUT2D eigenvalue weighted by atomic mass is 14.9. The highest BCUT2D eigenvalue weighted by molar-refractivity contribution is 5.05. The van der Waals surface area contributed by atoms with Gasteiger partial charge in [0.2, 0.25) is 0 Å². The van der Waals surface area contributed by atoms with Gasteiger partial charge < -0.3 is 5.32 Å². The van der Waals surface area contributed by atoms with Gasteiger partial charge in [0.1, 0.15) is 0 Å². The van der Waals surface area contributed by atoms with Crippen LogP contribution >= 0.6 is 0 Å². The second-order valence-corrected chi connectivity index (χ2v) is 4.03. The van der Waals surface area contributed by atoms with Gasteiger partial charge in [0, 0.05) is 36.6 Å². The van der Waals surface area contributed by atoms with E-state index < -0.39 is 0 Å². The van der Waals surface area contributed by atoms with Crippen molar-refractivity contribution in [3.63, 3.8) is 0 Å². The Balaban J connectivity index is 2.61. The van der Waals surface area contributed by atoms with Crippen molar-refractivity contribution >= 4 is 0 Å². The summed E-state index contributed by atoms with van der Waals surface area (Å²) in [5, 5.41) is 3.47. The highest BCUT2D eigenvalue weighted by Gasteiger charge is 2.15. The maximum atomic E-state index is 4.30. The van der Waals surface area contributed by atoms with E-state index in [9.17, 15) is 0 Å². The predicted octanol–water partition coefficient (Wildman–Crippen LogP) is 1.97. The molecular weight excluding hydrogens is 174 g/mol. The lowest BCUT2D eigenvalue weighted by atomic mass is 9.99. The van der Waals surface area contributed by atoms with Gasteiger partial charge in [-0.05, 0) is 6.92 Å². The summed E-state index contributed by atoms with van der Waals surface area (Å²) in [7, 11) is 0. The van der Waals surface area contributed by atoms with E-state index in [2.05, 4.69) is 43.0 Å². The van der Waals surface area contributed by atoms with Crippen LogP contribution in [0.25, 0.3) is 0 Å². The molecule has 1 heterocycles. The van der Waals surface area contributed by atoms with Gasteiger partial charge in [-0.3, -0.25) is 9.97 Å². The molecule has 14 heavy (non-hydrogen) atoms. The van der Waals surface area contributed by atoms with Crippen LogP contribution in [0.15, 0.2) is 18.6 Å². The number of hydrogen-bond acceptors (Lipinski definition) is 3. The summed E-state index contributed by atoms with van der Waals surface area (Å²) in [6, 6.07) is 0.927. The Kier molecular flexibility index (Phi) is 4.01. The zero-order chi connectivity index (χ0) is 10.6. The molecule has 1 rings (SSSR count). The van der Waals surface area contributed by atoms with Gasteiger partial charge in [-0.15, -0.1) is 0 Å². The number of rotatable bonds is 4. The molecule has 3 nitrogen and oxygen atoms in total. The van der Waals surface area contributed by atoms with Crippen molar-refractivity contribution in [3.8, 4) is 0 Å². The van der Waals surface area contributed by atoms with E-state index in [0.717, 1.165) is 5.69 Å². The van der Waals surface area contributed by atoms with Crippen molar-refractivity contribution in [2.24, 2.45) is 0 Å². The second-order valence-electron chi connectivity index (χ2n) is 4.03. The molecule has 1 N–H and O–H groups in total. The van der Waals surface area contributed by atoms with Crippen LogP contribution < -0.4 is 5.32 Å². The van der Waals surface area contributed by atoms with Crippen LogP contribution in [0.4, 0.5) is 0 Å². The van der Waals surface area contributed by atoms with E-state index in [0.29, 0.717) is 18.0 Å². The number of nitrogens with zero attached hydrogens (tertiary/aromatic N) is 2. The van der Waals surface area contributed by atoms with Gasteiger partial charge in [0.05, 0.1) is 5.69 Å². The highest BCUT2D eigenvalue weighted by Crippen LogP contribution is 2.15. The second kappa shape index (κ2) is 5.05. The Morgan fingerprint density at radius 1 is 1.14 bits per heavy atom. The molecule has 0 aliphatic rings. The van der Waals surface area contributed by atoms with Gasteiger partial charge in [-0.25, -0.2) is 0 Å². The Morgan fingerprint density at radius 3 is 2.36 bits per heavy atom. The maximum absolute atomic E-state index is 4.30. The molecule has 0 radical (unpaired) electrons. The maximum Gasteiger partial charge on any atom is 0.0630 e. The van der Waals surface area contributed by atoms with Crippen LogP contribution in [0.1, 0.15) is 39.3 Å².